The van der Waals surface area contributed by atoms with E-state index in [-0.39, 0.29) is 22.3 Å². The average Bonchev–Trinajstić information content (AvgIpc) is 2.79. The lowest BCUT2D eigenvalue weighted by molar-refractivity contribution is -0.278. The predicted octanol–water partition coefficient (Wildman–Crippen LogP) is -0.279. The van der Waals surface area contributed by atoms with E-state index in [2.05, 4.69) is 0 Å². The van der Waals surface area contributed by atoms with Crippen LogP contribution in [0.25, 0.3) is 22.1 Å². The van der Waals surface area contributed by atoms with Gasteiger partial charge in [0.1, 0.15) is 47.8 Å². The fourth-order valence-corrected chi connectivity index (χ4v) is 3.53. The summed E-state index contributed by atoms with van der Waals surface area (Å²) in [6, 6.07) is 8.98. The van der Waals surface area contributed by atoms with Crippen molar-refractivity contribution in [1.29, 1.82) is 0 Å². The van der Waals surface area contributed by atoms with Crippen LogP contribution in [0.4, 0.5) is 0 Å². The third-order valence-electron chi connectivity index (χ3n) is 5.32. The van der Waals surface area contributed by atoms with Gasteiger partial charge in [-0.3, -0.25) is 4.79 Å². The molecule has 170 valence electrons. The summed E-state index contributed by atoms with van der Waals surface area (Å²) in [5, 5.41) is 51.6. The summed E-state index contributed by atoms with van der Waals surface area (Å²) in [6.45, 7) is -0.627. The van der Waals surface area contributed by atoms with E-state index in [1.165, 1.54) is 19.4 Å². The van der Waals surface area contributed by atoms with E-state index in [9.17, 15) is 30.3 Å². The molecule has 1 saturated heterocycles. The molecule has 1 aliphatic rings. The maximum atomic E-state index is 12.9. The molecule has 2 heterocycles. The maximum Gasteiger partial charge on any atom is 0.229 e. The molecule has 0 bridgehead atoms. The summed E-state index contributed by atoms with van der Waals surface area (Å²) < 4.78 is 21.3. The second-order valence-electron chi connectivity index (χ2n) is 7.32. The molecule has 32 heavy (non-hydrogen) atoms. The highest BCUT2D eigenvalue weighted by Gasteiger charge is 2.44. The topological polar surface area (TPSA) is 162 Å². The van der Waals surface area contributed by atoms with Crippen LogP contribution < -0.4 is 20.0 Å². The minimum atomic E-state index is -1.65. The molecule has 3 aromatic rings. The van der Waals surface area contributed by atoms with Crippen molar-refractivity contribution < 1.29 is 44.2 Å². The van der Waals surface area contributed by atoms with Crippen molar-refractivity contribution in [2.45, 2.75) is 30.7 Å². The van der Waals surface area contributed by atoms with Gasteiger partial charge in [0.15, 0.2) is 5.43 Å². The van der Waals surface area contributed by atoms with Crippen LogP contribution >= 0.6 is 0 Å². The molecule has 1 fully saturated rings. The van der Waals surface area contributed by atoms with Gasteiger partial charge in [-0.2, -0.15) is 0 Å². The van der Waals surface area contributed by atoms with Gasteiger partial charge in [-0.15, -0.1) is 0 Å². The van der Waals surface area contributed by atoms with Crippen LogP contribution in [0, 0.1) is 0 Å². The number of rotatable bonds is 5. The van der Waals surface area contributed by atoms with Crippen molar-refractivity contribution >= 4 is 11.0 Å². The molecule has 0 radical (unpaired) electrons. The van der Waals surface area contributed by atoms with Gasteiger partial charge in [-0.05, 0) is 23.8 Å². The number of benzene rings is 2. The van der Waals surface area contributed by atoms with Crippen LogP contribution in [0.2, 0.25) is 0 Å². The molecule has 10 nitrogen and oxygen atoms in total. The zero-order chi connectivity index (χ0) is 23.0. The summed E-state index contributed by atoms with van der Waals surface area (Å²) in [5.41, 5.74) is 0.169. The monoisotopic (exact) mass is 445 g/mol. The largest absolute Gasteiger partial charge is 0.872 e. The van der Waals surface area contributed by atoms with Crippen LogP contribution in [0.5, 0.6) is 17.2 Å². The first kappa shape index (κ1) is 22.1. The van der Waals surface area contributed by atoms with Crippen LogP contribution in [0.1, 0.15) is 0 Å². The molecule has 0 spiro atoms. The van der Waals surface area contributed by atoms with Crippen molar-refractivity contribution in [3.05, 3.63) is 52.9 Å². The van der Waals surface area contributed by atoms with Crippen molar-refractivity contribution in [3.63, 3.8) is 0 Å². The Labute approximate surface area is 181 Å². The number of ether oxygens (including phenoxy) is 3. The molecule has 0 unspecified atom stereocenters. The lowest BCUT2D eigenvalue weighted by Gasteiger charge is -2.39. The fraction of sp³-hybridized carbons (Fsp3) is 0.318. The Kier molecular flexibility index (Phi) is 6.04. The molecule has 0 saturated carbocycles. The minimum absolute atomic E-state index is 0.0423. The molecular weight excluding hydrogens is 424 g/mol. The maximum absolute atomic E-state index is 12.9. The van der Waals surface area contributed by atoms with Gasteiger partial charge in [0.25, 0.3) is 0 Å². The fourth-order valence-electron chi connectivity index (χ4n) is 3.53. The quantitative estimate of drug-likeness (QED) is 0.411. The summed E-state index contributed by atoms with van der Waals surface area (Å²) in [5.74, 6) is -0.156. The summed E-state index contributed by atoms with van der Waals surface area (Å²) >= 11 is 0. The van der Waals surface area contributed by atoms with Gasteiger partial charge in [-0.25, -0.2) is 0 Å². The molecule has 4 rings (SSSR count). The molecule has 5 atom stereocenters. The zero-order valence-electron chi connectivity index (χ0n) is 16.9. The number of hydrogen-bond donors (Lipinski definition) is 4. The molecule has 10 heteroatoms. The number of aliphatic hydroxyl groups excluding tert-OH is 4. The van der Waals surface area contributed by atoms with Gasteiger partial charge < -0.3 is 44.2 Å². The SMILES string of the molecule is COc1ccc(-c2coc3cc(O[C@@H]4O[C@H](CO)[C@@H](O)[C@H](O)[C@H]4O)cc([O-])c3c2=O)cc1. The number of hydrogen-bond acceptors (Lipinski definition) is 10. The lowest BCUT2D eigenvalue weighted by Crippen LogP contribution is -2.60. The third kappa shape index (κ3) is 3.90. The Morgan fingerprint density at radius 1 is 1.03 bits per heavy atom. The van der Waals surface area contributed by atoms with Crippen molar-refractivity contribution in [3.8, 4) is 28.4 Å². The van der Waals surface area contributed by atoms with Crippen LogP contribution in [0.3, 0.4) is 0 Å². The van der Waals surface area contributed by atoms with Crippen LogP contribution in [-0.2, 0) is 4.74 Å². The first-order valence-corrected chi connectivity index (χ1v) is 9.72. The molecule has 2 aromatic carbocycles. The predicted molar refractivity (Wildman–Crippen MR) is 108 cm³/mol. The lowest BCUT2D eigenvalue weighted by atomic mass is 9.99. The van der Waals surface area contributed by atoms with Crippen molar-refractivity contribution in [1.82, 2.24) is 0 Å². The molecule has 4 N–H and O–H groups in total. The van der Waals surface area contributed by atoms with Crippen molar-refractivity contribution in [2.24, 2.45) is 0 Å². The van der Waals surface area contributed by atoms with E-state index in [4.69, 9.17) is 18.6 Å². The van der Waals surface area contributed by atoms with E-state index in [0.717, 1.165) is 6.07 Å². The number of methoxy groups -OCH3 is 1. The smallest absolute Gasteiger partial charge is 0.229 e. The van der Waals surface area contributed by atoms with Gasteiger partial charge in [-0.1, -0.05) is 17.9 Å². The highest BCUT2D eigenvalue weighted by Crippen LogP contribution is 2.31. The zero-order valence-corrected chi connectivity index (χ0v) is 16.9. The summed E-state index contributed by atoms with van der Waals surface area (Å²) in [6.07, 6.45) is -6.26. The highest BCUT2D eigenvalue weighted by atomic mass is 16.7. The average molecular weight is 445 g/mol. The van der Waals surface area contributed by atoms with Gasteiger partial charge in [0.2, 0.25) is 6.29 Å². The van der Waals surface area contributed by atoms with E-state index in [1.807, 2.05) is 0 Å². The molecule has 0 amide bonds. The summed E-state index contributed by atoms with van der Waals surface area (Å²) in [7, 11) is 1.52. The van der Waals surface area contributed by atoms with Gasteiger partial charge >= 0.3 is 0 Å². The van der Waals surface area contributed by atoms with Gasteiger partial charge in [0.05, 0.1) is 24.7 Å². The van der Waals surface area contributed by atoms with E-state index >= 15 is 0 Å². The Morgan fingerprint density at radius 2 is 1.75 bits per heavy atom. The minimum Gasteiger partial charge on any atom is -0.872 e. The highest BCUT2D eigenvalue weighted by molar-refractivity contribution is 5.87. The Hall–Kier alpha value is -3.15. The van der Waals surface area contributed by atoms with Crippen LogP contribution in [-0.4, -0.2) is 64.8 Å². The first-order valence-electron chi connectivity index (χ1n) is 9.72. The third-order valence-corrected chi connectivity index (χ3v) is 5.32. The number of fused-ring (bicyclic) bond motifs is 1. The van der Waals surface area contributed by atoms with Crippen LogP contribution in [0.15, 0.2) is 51.9 Å². The van der Waals surface area contributed by atoms with E-state index in [0.29, 0.717) is 11.3 Å². The Balaban J connectivity index is 1.66. The van der Waals surface area contributed by atoms with Crippen molar-refractivity contribution in [2.75, 3.05) is 13.7 Å². The second kappa shape index (κ2) is 8.77. The van der Waals surface area contributed by atoms with E-state index < -0.39 is 48.5 Å². The Bertz CT molecular complexity index is 1150. The summed E-state index contributed by atoms with van der Waals surface area (Å²) in [4.78, 5) is 12.9. The molecular formula is C22H21O10-. The van der Waals surface area contributed by atoms with Gasteiger partial charge in [0, 0.05) is 6.07 Å². The van der Waals surface area contributed by atoms with E-state index in [1.54, 1.807) is 24.3 Å². The molecule has 1 aromatic heterocycles. The Morgan fingerprint density at radius 3 is 2.41 bits per heavy atom. The molecule has 1 aliphatic heterocycles. The first-order chi connectivity index (χ1) is 15.3. The molecule has 0 aliphatic carbocycles. The second-order valence-corrected chi connectivity index (χ2v) is 7.32. The number of aliphatic hydroxyl groups is 4. The normalized spacial score (nSPS) is 25.6. The standard InChI is InChI=1S/C22H22O10/c1-29-11-4-2-10(3-5-11)13-9-30-15-7-12(6-14(24)17(15)18(13)25)31-22-21(28)20(27)19(26)16(8-23)32-22/h2-7,9,16,19-24,26-28H,8H2,1H3/p-1/t16-,19-,20+,21-,22-/m1/s1.